The normalized spacial score (nSPS) is 11.5. The molecule has 2 N–H and O–H groups in total. The van der Waals surface area contributed by atoms with Gasteiger partial charge in [-0.2, -0.15) is 11.8 Å². The van der Waals surface area contributed by atoms with E-state index < -0.39 is 0 Å². The van der Waals surface area contributed by atoms with Crippen LogP contribution in [0.1, 0.15) is 26.7 Å². The smallest absolute Gasteiger partial charge is 0.191 e. The van der Waals surface area contributed by atoms with Gasteiger partial charge in [-0.15, -0.1) is 6.58 Å². The second-order valence-electron chi connectivity index (χ2n) is 4.63. The third kappa shape index (κ3) is 15.7. The fourth-order valence-electron chi connectivity index (χ4n) is 1.54. The number of hydrogen-bond donors (Lipinski definition) is 2. The zero-order chi connectivity index (χ0) is 16.3. The van der Waals surface area contributed by atoms with Gasteiger partial charge in [-0.1, -0.05) is 19.4 Å². The number of unbranched alkanes of at least 4 members (excludes halogenated alkanes) is 1. The summed E-state index contributed by atoms with van der Waals surface area (Å²) in [7, 11) is 0. The summed E-state index contributed by atoms with van der Waals surface area (Å²) >= 11 is 1.85. The minimum atomic E-state index is 0.624. The zero-order valence-corrected chi connectivity index (χ0v) is 15.1. The Morgan fingerprint density at radius 2 is 1.91 bits per heavy atom. The van der Waals surface area contributed by atoms with Crippen LogP contribution in [0.3, 0.4) is 0 Å². The van der Waals surface area contributed by atoms with E-state index in [0.717, 1.165) is 43.6 Å². The number of thioether (sulfide) groups is 1. The van der Waals surface area contributed by atoms with Gasteiger partial charge in [0.05, 0.1) is 26.4 Å². The van der Waals surface area contributed by atoms with E-state index in [-0.39, 0.29) is 0 Å². The molecular formula is C16H33N3O2S. The van der Waals surface area contributed by atoms with E-state index in [1.165, 1.54) is 6.42 Å². The minimum absolute atomic E-state index is 0.624. The molecule has 0 unspecified atom stereocenters. The zero-order valence-electron chi connectivity index (χ0n) is 14.2. The van der Waals surface area contributed by atoms with Crippen molar-refractivity contribution >= 4 is 17.7 Å². The van der Waals surface area contributed by atoms with E-state index in [0.29, 0.717) is 26.4 Å². The number of hydrogen-bond acceptors (Lipinski definition) is 4. The van der Waals surface area contributed by atoms with Gasteiger partial charge in [0.1, 0.15) is 0 Å². The highest BCUT2D eigenvalue weighted by molar-refractivity contribution is 7.99. The first kappa shape index (κ1) is 21.3. The van der Waals surface area contributed by atoms with Crippen molar-refractivity contribution in [2.24, 2.45) is 4.99 Å². The Morgan fingerprint density at radius 1 is 1.14 bits per heavy atom. The highest BCUT2D eigenvalue weighted by Crippen LogP contribution is 1.96. The van der Waals surface area contributed by atoms with Gasteiger partial charge in [-0.25, -0.2) is 0 Å². The van der Waals surface area contributed by atoms with Crippen molar-refractivity contribution in [1.29, 1.82) is 0 Å². The Morgan fingerprint density at radius 3 is 2.59 bits per heavy atom. The van der Waals surface area contributed by atoms with Crippen molar-refractivity contribution in [3.05, 3.63) is 12.7 Å². The molecule has 0 aromatic rings. The van der Waals surface area contributed by atoms with Crippen molar-refractivity contribution in [3.8, 4) is 0 Å². The van der Waals surface area contributed by atoms with Gasteiger partial charge in [-0.3, -0.25) is 4.99 Å². The van der Waals surface area contributed by atoms with E-state index in [9.17, 15) is 0 Å². The lowest BCUT2D eigenvalue weighted by Gasteiger charge is -2.11. The van der Waals surface area contributed by atoms with Crippen LogP contribution < -0.4 is 10.6 Å². The number of nitrogens with zero attached hydrogens (tertiary/aromatic N) is 1. The largest absolute Gasteiger partial charge is 0.379 e. The molecule has 5 nitrogen and oxygen atoms in total. The van der Waals surface area contributed by atoms with Crippen molar-refractivity contribution in [3.63, 3.8) is 0 Å². The first-order valence-corrected chi connectivity index (χ1v) is 9.36. The van der Waals surface area contributed by atoms with E-state index in [4.69, 9.17) is 9.47 Å². The molecule has 0 aromatic heterocycles. The molecule has 0 fully saturated rings. The predicted molar refractivity (Wildman–Crippen MR) is 98.0 cm³/mol. The number of aliphatic imine (C=N–C) groups is 1. The second-order valence-corrected chi connectivity index (χ2v) is 5.78. The van der Waals surface area contributed by atoms with Crippen LogP contribution in [-0.4, -0.2) is 63.5 Å². The standard InChI is InChI=1S/C16H33N3O2S/c1-4-7-10-20-12-13-21-11-8-18-16(17-6-3)19-9-15-22-14-5-2/h5H,2,4,6-15H2,1,3H3,(H2,17,18,19). The van der Waals surface area contributed by atoms with E-state index in [2.05, 4.69) is 36.1 Å². The molecule has 0 spiro atoms. The maximum Gasteiger partial charge on any atom is 0.191 e. The molecule has 0 saturated carbocycles. The highest BCUT2D eigenvalue weighted by atomic mass is 32.2. The molecule has 0 radical (unpaired) electrons. The summed E-state index contributed by atoms with van der Waals surface area (Å²) in [6.45, 7) is 13.1. The first-order chi connectivity index (χ1) is 10.8. The average molecular weight is 332 g/mol. The van der Waals surface area contributed by atoms with E-state index >= 15 is 0 Å². The van der Waals surface area contributed by atoms with Crippen LogP contribution in [0.2, 0.25) is 0 Å². The third-order valence-corrected chi connectivity index (χ3v) is 3.60. The molecule has 0 atom stereocenters. The van der Waals surface area contributed by atoms with Crippen molar-refractivity contribution < 1.29 is 9.47 Å². The number of guanidine groups is 1. The molecule has 0 amide bonds. The number of rotatable bonds is 15. The molecular weight excluding hydrogens is 298 g/mol. The van der Waals surface area contributed by atoms with Crippen LogP contribution in [0, 0.1) is 0 Å². The third-order valence-electron chi connectivity index (χ3n) is 2.64. The van der Waals surface area contributed by atoms with Crippen LogP contribution in [-0.2, 0) is 9.47 Å². The van der Waals surface area contributed by atoms with Crippen LogP contribution in [0.5, 0.6) is 0 Å². The maximum atomic E-state index is 5.50. The van der Waals surface area contributed by atoms with Crippen LogP contribution >= 0.6 is 11.8 Å². The summed E-state index contributed by atoms with van der Waals surface area (Å²) in [4.78, 5) is 4.48. The molecule has 0 bridgehead atoms. The van der Waals surface area contributed by atoms with Gasteiger partial charge >= 0.3 is 0 Å². The van der Waals surface area contributed by atoms with Gasteiger partial charge in [0, 0.05) is 31.2 Å². The van der Waals surface area contributed by atoms with E-state index in [1.54, 1.807) is 0 Å². The molecule has 0 aliphatic heterocycles. The molecule has 22 heavy (non-hydrogen) atoms. The van der Waals surface area contributed by atoms with Crippen molar-refractivity contribution in [1.82, 2.24) is 10.6 Å². The number of nitrogens with one attached hydrogen (secondary N) is 2. The van der Waals surface area contributed by atoms with Crippen LogP contribution in [0.4, 0.5) is 0 Å². The van der Waals surface area contributed by atoms with Gasteiger partial charge < -0.3 is 20.1 Å². The topological polar surface area (TPSA) is 54.9 Å². The maximum absolute atomic E-state index is 5.50. The van der Waals surface area contributed by atoms with Gasteiger partial charge in [-0.05, 0) is 13.3 Å². The summed E-state index contributed by atoms with van der Waals surface area (Å²) in [6, 6.07) is 0. The van der Waals surface area contributed by atoms with Gasteiger partial charge in [0.15, 0.2) is 5.96 Å². The Labute approximate surface area is 140 Å². The lowest BCUT2D eigenvalue weighted by molar-refractivity contribution is 0.0497. The molecule has 0 aliphatic carbocycles. The fourth-order valence-corrected chi connectivity index (χ4v) is 2.12. The Balaban J connectivity index is 3.58. The van der Waals surface area contributed by atoms with Gasteiger partial charge in [0.2, 0.25) is 0 Å². The SMILES string of the molecule is C=CCSCCNC(=NCCOCCOCCCC)NCC. The quantitative estimate of drug-likeness (QED) is 0.209. The molecule has 0 heterocycles. The van der Waals surface area contributed by atoms with Crippen molar-refractivity contribution in [2.45, 2.75) is 26.7 Å². The molecule has 0 rings (SSSR count). The second kappa shape index (κ2) is 18.3. The summed E-state index contributed by atoms with van der Waals surface area (Å²) < 4.78 is 10.9. The first-order valence-electron chi connectivity index (χ1n) is 8.21. The molecule has 0 aromatic carbocycles. The highest BCUT2D eigenvalue weighted by Gasteiger charge is 1.96. The minimum Gasteiger partial charge on any atom is -0.379 e. The lowest BCUT2D eigenvalue weighted by Crippen LogP contribution is -2.38. The van der Waals surface area contributed by atoms with Gasteiger partial charge in [0.25, 0.3) is 0 Å². The Kier molecular flexibility index (Phi) is 17.7. The lowest BCUT2D eigenvalue weighted by atomic mass is 10.4. The molecule has 130 valence electrons. The Hall–Kier alpha value is -0.720. The average Bonchev–Trinajstić information content (AvgIpc) is 2.53. The van der Waals surface area contributed by atoms with E-state index in [1.807, 2.05) is 17.8 Å². The Bertz CT molecular complexity index is 276. The number of ether oxygens (including phenoxy) is 2. The van der Waals surface area contributed by atoms with Crippen LogP contribution in [0.25, 0.3) is 0 Å². The van der Waals surface area contributed by atoms with Crippen LogP contribution in [0.15, 0.2) is 17.6 Å². The summed E-state index contributed by atoms with van der Waals surface area (Å²) in [5.41, 5.74) is 0. The summed E-state index contributed by atoms with van der Waals surface area (Å²) in [5.74, 6) is 2.88. The van der Waals surface area contributed by atoms with Crippen molar-refractivity contribution in [2.75, 3.05) is 57.6 Å². The fraction of sp³-hybridized carbons (Fsp3) is 0.812. The monoisotopic (exact) mass is 331 g/mol. The summed E-state index contributed by atoms with van der Waals surface area (Å²) in [6.07, 6.45) is 4.21. The summed E-state index contributed by atoms with van der Waals surface area (Å²) in [5, 5.41) is 6.54. The molecule has 0 saturated heterocycles. The molecule has 0 aliphatic rings. The molecule has 6 heteroatoms. The predicted octanol–water partition coefficient (Wildman–Crippen LogP) is 2.29.